The summed E-state index contributed by atoms with van der Waals surface area (Å²) in [5.41, 5.74) is 3.22. The summed E-state index contributed by atoms with van der Waals surface area (Å²) >= 11 is 0. The van der Waals surface area contributed by atoms with Crippen LogP contribution in [0.5, 0.6) is 0 Å². The van der Waals surface area contributed by atoms with E-state index in [9.17, 15) is 15.0 Å². The summed E-state index contributed by atoms with van der Waals surface area (Å²) in [5.74, 6) is -1.03. The third-order valence-electron chi connectivity index (χ3n) is 2.59. The molecule has 0 aromatic carbocycles. The van der Waals surface area contributed by atoms with Gasteiger partial charge in [0.1, 0.15) is 18.0 Å². The molecule has 0 spiro atoms. The van der Waals surface area contributed by atoms with Gasteiger partial charge in [-0.25, -0.2) is 9.67 Å². The standard InChI is InChI=1S/C8H12N4O5/c9-5(15)6-10-3-12(11-6)7-4(14)8(16,1-13)2-17-7/h3-4,7,13-14,16H,1-2H2,(H2,9,15)/t4-,7+,8+/m0/s1. The lowest BCUT2D eigenvalue weighted by Crippen LogP contribution is -2.46. The number of aliphatic hydroxyl groups excluding tert-OH is 2. The van der Waals surface area contributed by atoms with E-state index in [0.717, 1.165) is 11.0 Å². The molecule has 1 aromatic rings. The van der Waals surface area contributed by atoms with Gasteiger partial charge in [-0.3, -0.25) is 4.79 Å². The Hall–Kier alpha value is -1.55. The summed E-state index contributed by atoms with van der Waals surface area (Å²) in [4.78, 5) is 14.4. The lowest BCUT2D eigenvalue weighted by molar-refractivity contribution is -0.0891. The molecule has 3 atom stereocenters. The first-order valence-electron chi connectivity index (χ1n) is 4.82. The molecule has 1 saturated heterocycles. The second-order valence-electron chi connectivity index (χ2n) is 3.82. The van der Waals surface area contributed by atoms with E-state index >= 15 is 0 Å². The van der Waals surface area contributed by atoms with Crippen LogP contribution in [-0.4, -0.2) is 60.9 Å². The highest BCUT2D eigenvalue weighted by Crippen LogP contribution is 2.30. The SMILES string of the molecule is NC(=O)c1ncn([C@@H]2OC[C@](O)(CO)[C@H]2O)n1. The molecule has 94 valence electrons. The first-order valence-corrected chi connectivity index (χ1v) is 4.82. The monoisotopic (exact) mass is 244 g/mol. The zero-order chi connectivity index (χ0) is 12.6. The number of hydrogen-bond acceptors (Lipinski definition) is 7. The van der Waals surface area contributed by atoms with Gasteiger partial charge in [-0.2, -0.15) is 0 Å². The number of hydrogen-bond donors (Lipinski definition) is 4. The molecule has 9 nitrogen and oxygen atoms in total. The number of nitrogens with zero attached hydrogens (tertiary/aromatic N) is 3. The third-order valence-corrected chi connectivity index (χ3v) is 2.59. The normalized spacial score (nSPS) is 32.9. The summed E-state index contributed by atoms with van der Waals surface area (Å²) < 4.78 is 6.17. The van der Waals surface area contributed by atoms with Crippen molar-refractivity contribution in [2.24, 2.45) is 5.73 Å². The van der Waals surface area contributed by atoms with E-state index in [0.29, 0.717) is 0 Å². The number of carbonyl (C=O) groups is 1. The van der Waals surface area contributed by atoms with Crippen LogP contribution in [0.3, 0.4) is 0 Å². The van der Waals surface area contributed by atoms with E-state index in [2.05, 4.69) is 10.1 Å². The average Bonchev–Trinajstić information content (AvgIpc) is 2.87. The molecule has 0 saturated carbocycles. The van der Waals surface area contributed by atoms with Gasteiger partial charge in [0.25, 0.3) is 5.91 Å². The van der Waals surface area contributed by atoms with Gasteiger partial charge in [0, 0.05) is 0 Å². The first kappa shape index (κ1) is 11.9. The number of aromatic nitrogens is 3. The Morgan fingerprint density at radius 1 is 1.76 bits per heavy atom. The Kier molecular flexibility index (Phi) is 2.83. The van der Waals surface area contributed by atoms with E-state index in [1.54, 1.807) is 0 Å². The number of ether oxygens (including phenoxy) is 1. The van der Waals surface area contributed by atoms with Crippen LogP contribution in [0, 0.1) is 0 Å². The Morgan fingerprint density at radius 3 is 2.94 bits per heavy atom. The van der Waals surface area contributed by atoms with E-state index in [1.807, 2.05) is 0 Å². The first-order chi connectivity index (χ1) is 7.98. The maximum Gasteiger partial charge on any atom is 0.288 e. The second kappa shape index (κ2) is 4.04. The van der Waals surface area contributed by atoms with Crippen molar-refractivity contribution in [3.05, 3.63) is 12.2 Å². The molecule has 1 aliphatic heterocycles. The molecular formula is C8H12N4O5. The van der Waals surface area contributed by atoms with Gasteiger partial charge >= 0.3 is 0 Å². The third kappa shape index (κ3) is 1.89. The van der Waals surface area contributed by atoms with Crippen molar-refractivity contribution in [1.29, 1.82) is 0 Å². The molecule has 1 fully saturated rings. The minimum absolute atomic E-state index is 0.222. The minimum atomic E-state index is -1.75. The largest absolute Gasteiger partial charge is 0.393 e. The molecule has 2 heterocycles. The van der Waals surface area contributed by atoms with Gasteiger partial charge in [0.05, 0.1) is 13.2 Å². The van der Waals surface area contributed by atoms with Crippen LogP contribution in [0.1, 0.15) is 16.8 Å². The highest BCUT2D eigenvalue weighted by molar-refractivity contribution is 5.88. The summed E-state index contributed by atoms with van der Waals surface area (Å²) in [5, 5.41) is 32.1. The van der Waals surface area contributed by atoms with Gasteiger partial charge in [0.15, 0.2) is 6.23 Å². The fraction of sp³-hybridized carbons (Fsp3) is 0.625. The fourth-order valence-corrected chi connectivity index (χ4v) is 1.54. The Labute approximate surface area is 95.4 Å². The topological polar surface area (TPSA) is 144 Å². The molecule has 1 aromatic heterocycles. The van der Waals surface area contributed by atoms with Gasteiger partial charge < -0.3 is 25.8 Å². The zero-order valence-electron chi connectivity index (χ0n) is 8.72. The van der Waals surface area contributed by atoms with Gasteiger partial charge in [-0.05, 0) is 0 Å². The molecule has 0 unspecified atom stereocenters. The smallest absolute Gasteiger partial charge is 0.288 e. The van der Waals surface area contributed by atoms with E-state index in [1.165, 1.54) is 0 Å². The Morgan fingerprint density at radius 2 is 2.47 bits per heavy atom. The van der Waals surface area contributed by atoms with Crippen LogP contribution < -0.4 is 5.73 Å². The fourth-order valence-electron chi connectivity index (χ4n) is 1.54. The Balaban J connectivity index is 2.21. The molecule has 0 bridgehead atoms. The van der Waals surface area contributed by atoms with Crippen LogP contribution >= 0.6 is 0 Å². The van der Waals surface area contributed by atoms with Crippen LogP contribution in [-0.2, 0) is 4.74 Å². The van der Waals surface area contributed by atoms with E-state index in [4.69, 9.17) is 15.6 Å². The lowest BCUT2D eigenvalue weighted by Gasteiger charge is -2.23. The molecule has 0 radical (unpaired) electrons. The summed E-state index contributed by atoms with van der Waals surface area (Å²) in [6, 6.07) is 0. The van der Waals surface area contributed by atoms with Crippen molar-refractivity contribution in [2.45, 2.75) is 17.9 Å². The molecule has 2 rings (SSSR count). The van der Waals surface area contributed by atoms with Crippen molar-refractivity contribution in [3.8, 4) is 0 Å². The van der Waals surface area contributed by atoms with Gasteiger partial charge in [-0.15, -0.1) is 5.10 Å². The molecule has 1 amide bonds. The van der Waals surface area contributed by atoms with Crippen molar-refractivity contribution in [1.82, 2.24) is 14.8 Å². The second-order valence-corrected chi connectivity index (χ2v) is 3.82. The average molecular weight is 244 g/mol. The van der Waals surface area contributed by atoms with Gasteiger partial charge in [0.2, 0.25) is 5.82 Å². The molecule has 1 aliphatic rings. The van der Waals surface area contributed by atoms with Crippen LogP contribution in [0.4, 0.5) is 0 Å². The predicted octanol–water partition coefficient (Wildman–Crippen LogP) is -3.01. The van der Waals surface area contributed by atoms with Crippen molar-refractivity contribution in [3.63, 3.8) is 0 Å². The van der Waals surface area contributed by atoms with Crippen LogP contribution in [0.15, 0.2) is 6.33 Å². The van der Waals surface area contributed by atoms with Crippen molar-refractivity contribution >= 4 is 5.91 Å². The number of rotatable bonds is 3. The highest BCUT2D eigenvalue weighted by Gasteiger charge is 2.49. The maximum absolute atomic E-state index is 10.8. The van der Waals surface area contributed by atoms with Crippen LogP contribution in [0.2, 0.25) is 0 Å². The maximum atomic E-state index is 10.8. The molecular weight excluding hydrogens is 232 g/mol. The quantitative estimate of drug-likeness (QED) is 0.443. The molecule has 5 N–H and O–H groups in total. The number of aliphatic hydroxyl groups is 3. The number of amides is 1. The predicted molar refractivity (Wildman–Crippen MR) is 51.6 cm³/mol. The number of primary amides is 1. The highest BCUT2D eigenvalue weighted by atomic mass is 16.6. The van der Waals surface area contributed by atoms with Gasteiger partial charge in [-0.1, -0.05) is 0 Å². The van der Waals surface area contributed by atoms with Crippen LogP contribution in [0.25, 0.3) is 0 Å². The number of carbonyl (C=O) groups excluding carboxylic acids is 1. The molecule has 17 heavy (non-hydrogen) atoms. The number of nitrogens with two attached hydrogens (primary N) is 1. The lowest BCUT2D eigenvalue weighted by atomic mass is 10.0. The summed E-state index contributed by atoms with van der Waals surface area (Å²) in [7, 11) is 0. The molecule has 9 heteroatoms. The summed E-state index contributed by atoms with van der Waals surface area (Å²) in [6.45, 7) is -0.900. The zero-order valence-corrected chi connectivity index (χ0v) is 8.72. The Bertz CT molecular complexity index is 435. The van der Waals surface area contributed by atoms with Crippen molar-refractivity contribution < 1.29 is 24.9 Å². The molecule has 0 aliphatic carbocycles. The van der Waals surface area contributed by atoms with E-state index < -0.39 is 30.4 Å². The minimum Gasteiger partial charge on any atom is -0.393 e. The summed E-state index contributed by atoms with van der Waals surface area (Å²) in [6.07, 6.45) is -1.25. The van der Waals surface area contributed by atoms with E-state index in [-0.39, 0.29) is 12.4 Å². The van der Waals surface area contributed by atoms with Crippen molar-refractivity contribution in [2.75, 3.05) is 13.2 Å².